The van der Waals surface area contributed by atoms with Crippen molar-refractivity contribution in [3.63, 3.8) is 0 Å². The normalized spacial score (nSPS) is 20.0. The second kappa shape index (κ2) is 5.52. The van der Waals surface area contributed by atoms with E-state index in [0.717, 1.165) is 37.1 Å². The second-order valence-corrected chi connectivity index (χ2v) is 4.89. The van der Waals surface area contributed by atoms with Gasteiger partial charge in [-0.15, -0.1) is 0 Å². The minimum atomic E-state index is -0.0675. The highest BCUT2D eigenvalue weighted by Crippen LogP contribution is 2.21. The first kappa shape index (κ1) is 12.4. The molecule has 2 rings (SSSR count). The molecule has 0 aliphatic carbocycles. The van der Waals surface area contributed by atoms with Gasteiger partial charge in [0.05, 0.1) is 6.04 Å². The van der Waals surface area contributed by atoms with Crippen LogP contribution in [0, 0.1) is 6.92 Å². The van der Waals surface area contributed by atoms with E-state index in [0.29, 0.717) is 5.02 Å². The number of halogens is 1. The Bertz CT molecular complexity index is 414. The Labute approximate surface area is 107 Å². The van der Waals surface area contributed by atoms with E-state index in [1.54, 1.807) is 6.07 Å². The van der Waals surface area contributed by atoms with Crippen LogP contribution in [0.3, 0.4) is 0 Å². The number of nitrogens with one attached hydrogen (secondary N) is 2. The lowest BCUT2D eigenvalue weighted by molar-refractivity contribution is -0.118. The van der Waals surface area contributed by atoms with Crippen LogP contribution >= 0.6 is 11.6 Å². The van der Waals surface area contributed by atoms with Crippen molar-refractivity contribution in [2.45, 2.75) is 32.2 Å². The fourth-order valence-electron chi connectivity index (χ4n) is 2.02. The predicted molar refractivity (Wildman–Crippen MR) is 70.5 cm³/mol. The van der Waals surface area contributed by atoms with Gasteiger partial charge in [0.2, 0.25) is 5.91 Å². The van der Waals surface area contributed by atoms with Gasteiger partial charge in [0, 0.05) is 10.7 Å². The zero-order valence-corrected chi connectivity index (χ0v) is 10.7. The first-order valence-corrected chi connectivity index (χ1v) is 6.35. The van der Waals surface area contributed by atoms with Gasteiger partial charge in [0.25, 0.3) is 0 Å². The molecule has 0 spiro atoms. The maximum absolute atomic E-state index is 12.0. The van der Waals surface area contributed by atoms with Crippen molar-refractivity contribution in [2.75, 3.05) is 11.9 Å². The van der Waals surface area contributed by atoms with Crippen LogP contribution < -0.4 is 10.6 Å². The molecule has 1 aromatic rings. The van der Waals surface area contributed by atoms with Crippen molar-refractivity contribution in [3.8, 4) is 0 Å². The van der Waals surface area contributed by atoms with Crippen molar-refractivity contribution in [3.05, 3.63) is 28.8 Å². The van der Waals surface area contributed by atoms with Gasteiger partial charge in [-0.25, -0.2) is 0 Å². The number of amides is 1. The molecular formula is C13H17ClN2O. The number of carbonyl (C=O) groups excluding carboxylic acids is 1. The van der Waals surface area contributed by atoms with Gasteiger partial charge < -0.3 is 10.6 Å². The summed E-state index contributed by atoms with van der Waals surface area (Å²) in [5, 5.41) is 6.80. The molecule has 1 unspecified atom stereocenters. The van der Waals surface area contributed by atoms with Crippen LogP contribution in [0.5, 0.6) is 0 Å². The van der Waals surface area contributed by atoms with Gasteiger partial charge >= 0.3 is 0 Å². The van der Waals surface area contributed by atoms with E-state index in [1.807, 2.05) is 19.1 Å². The van der Waals surface area contributed by atoms with E-state index in [1.165, 1.54) is 0 Å². The second-order valence-electron chi connectivity index (χ2n) is 4.45. The number of carbonyl (C=O) groups is 1. The Balaban J connectivity index is 2.04. The molecule has 17 heavy (non-hydrogen) atoms. The molecule has 1 fully saturated rings. The first-order chi connectivity index (χ1) is 8.16. The molecule has 1 aliphatic heterocycles. The summed E-state index contributed by atoms with van der Waals surface area (Å²) >= 11 is 5.92. The van der Waals surface area contributed by atoms with E-state index < -0.39 is 0 Å². The van der Waals surface area contributed by atoms with Gasteiger partial charge in [0.15, 0.2) is 0 Å². The number of piperidine rings is 1. The zero-order chi connectivity index (χ0) is 12.3. The third-order valence-electron chi connectivity index (χ3n) is 3.08. The fourth-order valence-corrected chi connectivity index (χ4v) is 2.20. The number of hydrogen-bond acceptors (Lipinski definition) is 2. The lowest BCUT2D eigenvalue weighted by Gasteiger charge is -2.23. The number of aryl methyl sites for hydroxylation is 1. The maximum atomic E-state index is 12.0. The van der Waals surface area contributed by atoms with E-state index in [2.05, 4.69) is 10.6 Å². The highest BCUT2D eigenvalue weighted by molar-refractivity contribution is 6.31. The standard InChI is InChI=1S/C13H17ClN2O/c1-9-5-6-10(14)8-12(9)16-13(17)11-4-2-3-7-15-11/h5-6,8,11,15H,2-4,7H2,1H3,(H,16,17). The largest absolute Gasteiger partial charge is 0.324 e. The highest BCUT2D eigenvalue weighted by Gasteiger charge is 2.20. The van der Waals surface area contributed by atoms with Crippen molar-refractivity contribution in [2.24, 2.45) is 0 Å². The van der Waals surface area contributed by atoms with Crippen LogP contribution in [0.1, 0.15) is 24.8 Å². The van der Waals surface area contributed by atoms with E-state index >= 15 is 0 Å². The maximum Gasteiger partial charge on any atom is 0.241 e. The van der Waals surface area contributed by atoms with Gasteiger partial charge in [-0.2, -0.15) is 0 Å². The van der Waals surface area contributed by atoms with Crippen molar-refractivity contribution in [1.82, 2.24) is 5.32 Å². The van der Waals surface area contributed by atoms with Crippen LogP contribution in [-0.4, -0.2) is 18.5 Å². The van der Waals surface area contributed by atoms with Crippen LogP contribution in [0.25, 0.3) is 0 Å². The lowest BCUT2D eigenvalue weighted by Crippen LogP contribution is -2.43. The van der Waals surface area contributed by atoms with Gasteiger partial charge in [-0.05, 0) is 44.0 Å². The molecule has 4 heteroatoms. The Hall–Kier alpha value is -1.06. The Morgan fingerprint density at radius 1 is 1.47 bits per heavy atom. The SMILES string of the molecule is Cc1ccc(Cl)cc1NC(=O)C1CCCCN1. The number of rotatable bonds is 2. The molecular weight excluding hydrogens is 236 g/mol. The van der Waals surface area contributed by atoms with Crippen LogP contribution in [0.2, 0.25) is 5.02 Å². The average Bonchev–Trinajstić information content (AvgIpc) is 2.35. The molecule has 1 heterocycles. The highest BCUT2D eigenvalue weighted by atomic mass is 35.5. The van der Waals surface area contributed by atoms with Gasteiger partial charge in [-0.3, -0.25) is 4.79 Å². The summed E-state index contributed by atoms with van der Waals surface area (Å²) in [5.74, 6) is 0.0371. The molecule has 1 saturated heterocycles. The summed E-state index contributed by atoms with van der Waals surface area (Å²) in [6.45, 7) is 2.88. The van der Waals surface area contributed by atoms with Gasteiger partial charge in [0.1, 0.15) is 0 Å². The molecule has 0 radical (unpaired) electrons. The summed E-state index contributed by atoms with van der Waals surface area (Å²) in [6, 6.07) is 5.46. The first-order valence-electron chi connectivity index (χ1n) is 5.97. The van der Waals surface area contributed by atoms with Crippen molar-refractivity contribution < 1.29 is 4.79 Å². The van der Waals surface area contributed by atoms with Crippen molar-refractivity contribution >= 4 is 23.2 Å². The monoisotopic (exact) mass is 252 g/mol. The molecule has 3 nitrogen and oxygen atoms in total. The van der Waals surface area contributed by atoms with Crippen LogP contribution in [0.4, 0.5) is 5.69 Å². The Morgan fingerprint density at radius 2 is 2.29 bits per heavy atom. The number of benzene rings is 1. The summed E-state index contributed by atoms with van der Waals surface area (Å²) in [7, 11) is 0. The van der Waals surface area contributed by atoms with E-state index in [9.17, 15) is 4.79 Å². The topological polar surface area (TPSA) is 41.1 Å². The molecule has 0 aromatic heterocycles. The average molecular weight is 253 g/mol. The molecule has 0 bridgehead atoms. The Morgan fingerprint density at radius 3 is 3.00 bits per heavy atom. The third-order valence-corrected chi connectivity index (χ3v) is 3.32. The predicted octanol–water partition coefficient (Wildman–Crippen LogP) is 2.73. The molecule has 1 atom stereocenters. The van der Waals surface area contributed by atoms with E-state index in [4.69, 9.17) is 11.6 Å². The summed E-state index contributed by atoms with van der Waals surface area (Å²) in [5.41, 5.74) is 1.83. The molecule has 1 aromatic carbocycles. The smallest absolute Gasteiger partial charge is 0.241 e. The number of anilines is 1. The molecule has 2 N–H and O–H groups in total. The molecule has 1 aliphatic rings. The summed E-state index contributed by atoms with van der Waals surface area (Å²) < 4.78 is 0. The third kappa shape index (κ3) is 3.20. The molecule has 92 valence electrons. The van der Waals surface area contributed by atoms with E-state index in [-0.39, 0.29) is 11.9 Å². The minimum Gasteiger partial charge on any atom is -0.324 e. The molecule has 1 amide bonds. The van der Waals surface area contributed by atoms with Crippen molar-refractivity contribution in [1.29, 1.82) is 0 Å². The summed E-state index contributed by atoms with van der Waals surface area (Å²) in [4.78, 5) is 12.0. The number of hydrogen-bond donors (Lipinski definition) is 2. The van der Waals surface area contributed by atoms with Gasteiger partial charge in [-0.1, -0.05) is 24.1 Å². The van der Waals surface area contributed by atoms with Crippen LogP contribution in [-0.2, 0) is 4.79 Å². The minimum absolute atomic E-state index is 0.0371. The fraction of sp³-hybridized carbons (Fsp3) is 0.462. The zero-order valence-electron chi connectivity index (χ0n) is 9.92. The lowest BCUT2D eigenvalue weighted by atomic mass is 10.0. The van der Waals surface area contributed by atoms with Crippen LogP contribution in [0.15, 0.2) is 18.2 Å². The quantitative estimate of drug-likeness (QED) is 0.850. The molecule has 0 saturated carbocycles. The Kier molecular flexibility index (Phi) is 4.02. The summed E-state index contributed by atoms with van der Waals surface area (Å²) in [6.07, 6.45) is 3.17.